The number of methoxy groups -OCH3 is 1. The molecule has 5 nitrogen and oxygen atoms in total. The van der Waals surface area contributed by atoms with E-state index in [0.717, 1.165) is 25.3 Å². The molecule has 5 heteroatoms. The topological polar surface area (TPSA) is 59.6 Å². The van der Waals surface area contributed by atoms with Crippen LogP contribution in [-0.4, -0.2) is 32.7 Å². The molecule has 2 rings (SSSR count). The maximum Gasteiger partial charge on any atom is 0.238 e. The van der Waals surface area contributed by atoms with Crippen LogP contribution >= 0.6 is 0 Å². The summed E-state index contributed by atoms with van der Waals surface area (Å²) in [5.41, 5.74) is 0.661. The van der Waals surface area contributed by atoms with E-state index in [1.165, 1.54) is 12.8 Å². The van der Waals surface area contributed by atoms with Gasteiger partial charge >= 0.3 is 0 Å². The molecule has 0 bridgehead atoms. The Morgan fingerprint density at radius 1 is 1.36 bits per heavy atom. The third kappa shape index (κ3) is 5.56. The molecular weight excluding hydrogens is 280 g/mol. The fourth-order valence-corrected chi connectivity index (χ4v) is 2.09. The summed E-state index contributed by atoms with van der Waals surface area (Å²) in [5, 5.41) is 6.08. The van der Waals surface area contributed by atoms with Gasteiger partial charge in [-0.25, -0.2) is 0 Å². The molecule has 0 unspecified atom stereocenters. The van der Waals surface area contributed by atoms with Crippen molar-refractivity contribution in [3.8, 4) is 11.5 Å². The Balaban J connectivity index is 1.90. The number of carbonyl (C=O) groups is 1. The van der Waals surface area contributed by atoms with Gasteiger partial charge in [-0.05, 0) is 43.9 Å². The number of anilines is 1. The molecule has 1 aromatic carbocycles. The van der Waals surface area contributed by atoms with E-state index in [1.54, 1.807) is 13.2 Å². The molecule has 22 heavy (non-hydrogen) atoms. The largest absolute Gasteiger partial charge is 0.497 e. The van der Waals surface area contributed by atoms with Crippen LogP contribution in [-0.2, 0) is 4.79 Å². The Morgan fingerprint density at radius 2 is 2.18 bits per heavy atom. The highest BCUT2D eigenvalue weighted by Crippen LogP contribution is 2.29. The first-order chi connectivity index (χ1) is 10.7. The summed E-state index contributed by atoms with van der Waals surface area (Å²) in [6.45, 7) is 4.00. The lowest BCUT2D eigenvalue weighted by atomic mass is 10.2. The van der Waals surface area contributed by atoms with Crippen LogP contribution < -0.4 is 20.1 Å². The number of carbonyl (C=O) groups excluding carboxylic acids is 1. The second kappa shape index (κ2) is 8.63. The molecule has 1 amide bonds. The van der Waals surface area contributed by atoms with Gasteiger partial charge < -0.3 is 20.1 Å². The molecule has 1 aliphatic rings. The van der Waals surface area contributed by atoms with Crippen molar-refractivity contribution in [2.45, 2.75) is 32.6 Å². The summed E-state index contributed by atoms with van der Waals surface area (Å²) in [4.78, 5) is 12.0. The van der Waals surface area contributed by atoms with Gasteiger partial charge in [0, 0.05) is 6.07 Å². The van der Waals surface area contributed by atoms with Gasteiger partial charge in [0.05, 0.1) is 25.9 Å². The average molecular weight is 306 g/mol. The summed E-state index contributed by atoms with van der Waals surface area (Å²) in [6.07, 6.45) is 4.62. The molecule has 2 N–H and O–H groups in total. The van der Waals surface area contributed by atoms with Crippen LogP contribution in [0.4, 0.5) is 5.69 Å². The molecule has 0 spiro atoms. The zero-order chi connectivity index (χ0) is 15.8. The van der Waals surface area contributed by atoms with Crippen LogP contribution in [0.25, 0.3) is 0 Å². The lowest BCUT2D eigenvalue weighted by molar-refractivity contribution is -0.115. The van der Waals surface area contributed by atoms with E-state index in [-0.39, 0.29) is 5.91 Å². The summed E-state index contributed by atoms with van der Waals surface area (Å²) >= 11 is 0. The van der Waals surface area contributed by atoms with Gasteiger partial charge in [-0.15, -0.1) is 0 Å². The van der Waals surface area contributed by atoms with Crippen molar-refractivity contribution in [2.24, 2.45) is 5.92 Å². The molecule has 0 heterocycles. The highest BCUT2D eigenvalue weighted by molar-refractivity contribution is 5.94. The highest BCUT2D eigenvalue weighted by atomic mass is 16.5. The van der Waals surface area contributed by atoms with E-state index >= 15 is 0 Å². The Bertz CT molecular complexity index is 487. The minimum Gasteiger partial charge on any atom is -0.497 e. The van der Waals surface area contributed by atoms with Crippen molar-refractivity contribution in [1.29, 1.82) is 0 Å². The quantitative estimate of drug-likeness (QED) is 0.653. The normalized spacial score (nSPS) is 13.7. The van der Waals surface area contributed by atoms with Crippen molar-refractivity contribution in [2.75, 3.05) is 32.1 Å². The summed E-state index contributed by atoms with van der Waals surface area (Å²) < 4.78 is 11.0. The van der Waals surface area contributed by atoms with Gasteiger partial charge in [0.25, 0.3) is 0 Å². The summed E-state index contributed by atoms with van der Waals surface area (Å²) in [5.74, 6) is 2.08. The van der Waals surface area contributed by atoms with E-state index in [2.05, 4.69) is 17.6 Å². The molecule has 0 radical (unpaired) electrons. The van der Waals surface area contributed by atoms with Crippen LogP contribution in [0.15, 0.2) is 18.2 Å². The number of hydrogen-bond donors (Lipinski definition) is 2. The van der Waals surface area contributed by atoms with E-state index in [1.807, 2.05) is 12.1 Å². The monoisotopic (exact) mass is 306 g/mol. The van der Waals surface area contributed by atoms with Gasteiger partial charge in [-0.3, -0.25) is 4.79 Å². The molecule has 1 aliphatic carbocycles. The van der Waals surface area contributed by atoms with Gasteiger partial charge in [0.1, 0.15) is 11.5 Å². The van der Waals surface area contributed by atoms with Crippen molar-refractivity contribution >= 4 is 11.6 Å². The second-order valence-corrected chi connectivity index (χ2v) is 5.69. The van der Waals surface area contributed by atoms with Gasteiger partial charge in [-0.1, -0.05) is 13.3 Å². The van der Waals surface area contributed by atoms with Crippen molar-refractivity contribution < 1.29 is 14.3 Å². The predicted molar refractivity (Wildman–Crippen MR) is 87.6 cm³/mol. The van der Waals surface area contributed by atoms with Crippen molar-refractivity contribution in [1.82, 2.24) is 5.32 Å². The molecule has 0 atom stereocenters. The van der Waals surface area contributed by atoms with Crippen LogP contribution in [0, 0.1) is 5.92 Å². The number of ether oxygens (including phenoxy) is 2. The molecule has 1 fully saturated rings. The Hall–Kier alpha value is -1.75. The number of nitrogens with one attached hydrogen (secondary N) is 2. The second-order valence-electron chi connectivity index (χ2n) is 5.69. The van der Waals surface area contributed by atoms with Crippen molar-refractivity contribution in [3.05, 3.63) is 18.2 Å². The highest BCUT2D eigenvalue weighted by Gasteiger charge is 2.20. The van der Waals surface area contributed by atoms with E-state index < -0.39 is 0 Å². The van der Waals surface area contributed by atoms with Crippen LogP contribution in [0.5, 0.6) is 11.5 Å². The molecular formula is C17H26N2O3. The number of unbranched alkanes of at least 4 members (excludes halogenated alkanes) is 1. The molecule has 1 saturated carbocycles. The SMILES string of the molecule is CCCCOc1ccc(OC)cc1NC(=O)CNCC1CC1. The summed E-state index contributed by atoms with van der Waals surface area (Å²) in [7, 11) is 1.61. The van der Waals surface area contributed by atoms with Gasteiger partial charge in [0.2, 0.25) is 5.91 Å². The minimum atomic E-state index is -0.0609. The van der Waals surface area contributed by atoms with Gasteiger partial charge in [0.15, 0.2) is 0 Å². The third-order valence-electron chi connectivity index (χ3n) is 3.63. The van der Waals surface area contributed by atoms with Crippen LogP contribution in [0.3, 0.4) is 0 Å². The third-order valence-corrected chi connectivity index (χ3v) is 3.63. The number of amides is 1. The number of rotatable bonds is 10. The maximum atomic E-state index is 12.0. The van der Waals surface area contributed by atoms with E-state index in [9.17, 15) is 4.79 Å². The summed E-state index contributed by atoms with van der Waals surface area (Å²) in [6, 6.07) is 5.46. The first kappa shape index (κ1) is 16.6. The molecule has 122 valence electrons. The molecule has 0 aliphatic heterocycles. The lowest BCUT2D eigenvalue weighted by Crippen LogP contribution is -2.29. The predicted octanol–water partition coefficient (Wildman–Crippen LogP) is 2.81. The number of hydrogen-bond acceptors (Lipinski definition) is 4. The van der Waals surface area contributed by atoms with Crippen LogP contribution in [0.1, 0.15) is 32.6 Å². The van der Waals surface area contributed by atoms with E-state index in [4.69, 9.17) is 9.47 Å². The molecule has 0 aromatic heterocycles. The average Bonchev–Trinajstić information content (AvgIpc) is 3.33. The Labute approximate surface area is 132 Å². The first-order valence-corrected chi connectivity index (χ1v) is 8.04. The van der Waals surface area contributed by atoms with Crippen LogP contribution in [0.2, 0.25) is 0 Å². The Morgan fingerprint density at radius 3 is 2.86 bits per heavy atom. The smallest absolute Gasteiger partial charge is 0.238 e. The zero-order valence-electron chi connectivity index (χ0n) is 13.5. The lowest BCUT2D eigenvalue weighted by Gasteiger charge is -2.14. The van der Waals surface area contributed by atoms with Gasteiger partial charge in [-0.2, -0.15) is 0 Å². The number of benzene rings is 1. The van der Waals surface area contributed by atoms with E-state index in [0.29, 0.717) is 30.3 Å². The fourth-order valence-electron chi connectivity index (χ4n) is 2.09. The fraction of sp³-hybridized carbons (Fsp3) is 0.588. The maximum absolute atomic E-state index is 12.0. The molecule has 0 saturated heterocycles. The zero-order valence-corrected chi connectivity index (χ0v) is 13.5. The minimum absolute atomic E-state index is 0.0609. The Kier molecular flexibility index (Phi) is 6.52. The first-order valence-electron chi connectivity index (χ1n) is 8.04. The standard InChI is InChI=1S/C17H26N2O3/c1-3-4-9-22-16-8-7-14(21-2)10-15(16)19-17(20)12-18-11-13-5-6-13/h7-8,10,13,18H,3-6,9,11-12H2,1-2H3,(H,19,20). The van der Waals surface area contributed by atoms with Crippen molar-refractivity contribution in [3.63, 3.8) is 0 Å². The molecule has 1 aromatic rings.